The van der Waals surface area contributed by atoms with E-state index in [9.17, 15) is 0 Å². The molecular formula is C23H25ClN4O3. The van der Waals surface area contributed by atoms with Crippen molar-refractivity contribution in [1.29, 1.82) is 0 Å². The summed E-state index contributed by atoms with van der Waals surface area (Å²) in [6.07, 6.45) is 3.53. The molecule has 2 saturated heterocycles. The van der Waals surface area contributed by atoms with E-state index in [0.717, 1.165) is 34.7 Å². The van der Waals surface area contributed by atoms with Crippen molar-refractivity contribution in [1.82, 2.24) is 19.9 Å². The minimum atomic E-state index is -0.680. The molecule has 8 heteroatoms. The number of benzene rings is 1. The van der Waals surface area contributed by atoms with Gasteiger partial charge in [0, 0.05) is 16.6 Å². The third-order valence-electron chi connectivity index (χ3n) is 6.57. The standard InChI is InChI=1S/C23H25ClN4O3/c1-12-15-7-9-28(21(15)27-11-26-12)22-20-19(30-23(2,3)31-20)18(29-22)17-16-5-4-14(24)10-13(16)6-8-25-17/h4-5,7,9-11,17-20,22,25H,6,8H2,1-3H3/t17-,18-,19-,20-,22-/m1/s1. The lowest BCUT2D eigenvalue weighted by molar-refractivity contribution is -0.199. The van der Waals surface area contributed by atoms with E-state index in [-0.39, 0.29) is 30.6 Å². The van der Waals surface area contributed by atoms with Crippen LogP contribution in [0.1, 0.15) is 42.9 Å². The average Bonchev–Trinajstić information content (AvgIpc) is 3.38. The van der Waals surface area contributed by atoms with Gasteiger partial charge in [0.1, 0.15) is 30.3 Å². The number of hydrogen-bond donors (Lipinski definition) is 1. The van der Waals surface area contributed by atoms with Crippen LogP contribution in [0.2, 0.25) is 5.02 Å². The Kier molecular flexibility index (Phi) is 4.43. The zero-order valence-corrected chi connectivity index (χ0v) is 18.5. The maximum Gasteiger partial charge on any atom is 0.164 e. The first-order valence-corrected chi connectivity index (χ1v) is 11.1. The molecule has 0 amide bonds. The van der Waals surface area contributed by atoms with Crippen molar-refractivity contribution in [3.05, 3.63) is 58.6 Å². The normalized spacial score (nSPS) is 31.7. The Balaban J connectivity index is 1.42. The van der Waals surface area contributed by atoms with Gasteiger partial charge in [0.15, 0.2) is 12.0 Å². The average molecular weight is 441 g/mol. The van der Waals surface area contributed by atoms with Crippen LogP contribution in [0.5, 0.6) is 0 Å². The molecule has 1 N–H and O–H groups in total. The Morgan fingerprint density at radius 1 is 1.13 bits per heavy atom. The van der Waals surface area contributed by atoms with Crippen LogP contribution in [-0.2, 0) is 20.6 Å². The molecule has 2 fully saturated rings. The van der Waals surface area contributed by atoms with Crippen LogP contribution in [0.4, 0.5) is 0 Å². The minimum absolute atomic E-state index is 0.00537. The van der Waals surface area contributed by atoms with Crippen LogP contribution in [0.15, 0.2) is 36.8 Å². The van der Waals surface area contributed by atoms with E-state index in [1.807, 2.05) is 39.1 Å². The molecule has 6 rings (SSSR count). The fourth-order valence-electron chi connectivity index (χ4n) is 5.26. The van der Waals surface area contributed by atoms with E-state index in [0.29, 0.717) is 0 Å². The monoisotopic (exact) mass is 440 g/mol. The molecule has 2 aromatic heterocycles. The largest absolute Gasteiger partial charge is 0.347 e. The maximum atomic E-state index is 6.70. The van der Waals surface area contributed by atoms with Crippen molar-refractivity contribution in [2.75, 3.05) is 6.54 Å². The van der Waals surface area contributed by atoms with Crippen LogP contribution in [0.3, 0.4) is 0 Å². The predicted octanol–water partition coefficient (Wildman–Crippen LogP) is 3.70. The van der Waals surface area contributed by atoms with Gasteiger partial charge in [0.05, 0.1) is 11.7 Å². The first-order valence-electron chi connectivity index (χ1n) is 10.7. The highest BCUT2D eigenvalue weighted by atomic mass is 35.5. The molecule has 5 heterocycles. The molecule has 3 aliphatic rings. The Labute approximate surface area is 185 Å². The summed E-state index contributed by atoms with van der Waals surface area (Å²) in [5.74, 6) is -0.680. The van der Waals surface area contributed by atoms with Gasteiger partial charge < -0.3 is 24.1 Å². The third-order valence-corrected chi connectivity index (χ3v) is 6.81. The van der Waals surface area contributed by atoms with Crippen molar-refractivity contribution < 1.29 is 14.2 Å². The van der Waals surface area contributed by atoms with E-state index < -0.39 is 5.79 Å². The van der Waals surface area contributed by atoms with Gasteiger partial charge in [0.25, 0.3) is 0 Å². The lowest BCUT2D eigenvalue weighted by Crippen LogP contribution is -2.43. The number of aromatic nitrogens is 3. The zero-order valence-electron chi connectivity index (χ0n) is 17.7. The van der Waals surface area contributed by atoms with E-state index >= 15 is 0 Å². The molecule has 5 atom stereocenters. The molecule has 0 aliphatic carbocycles. The second-order valence-electron chi connectivity index (χ2n) is 9.00. The highest BCUT2D eigenvalue weighted by Gasteiger charge is 2.58. The number of nitrogens with one attached hydrogen (secondary N) is 1. The summed E-state index contributed by atoms with van der Waals surface area (Å²) in [7, 11) is 0. The first-order chi connectivity index (χ1) is 14.9. The van der Waals surface area contributed by atoms with Crippen LogP contribution >= 0.6 is 11.6 Å². The van der Waals surface area contributed by atoms with Crippen molar-refractivity contribution in [2.24, 2.45) is 0 Å². The second kappa shape index (κ2) is 6.98. The molecule has 0 saturated carbocycles. The Bertz CT molecular complexity index is 1160. The minimum Gasteiger partial charge on any atom is -0.347 e. The highest BCUT2D eigenvalue weighted by Crippen LogP contribution is 2.48. The van der Waals surface area contributed by atoms with E-state index in [2.05, 4.69) is 32.0 Å². The molecule has 162 valence electrons. The summed E-state index contributed by atoms with van der Waals surface area (Å²) < 4.78 is 21.5. The summed E-state index contributed by atoms with van der Waals surface area (Å²) in [5.41, 5.74) is 4.25. The lowest BCUT2D eigenvalue weighted by atomic mass is 9.89. The Hall–Kier alpha value is -2.03. The number of rotatable bonds is 2. The van der Waals surface area contributed by atoms with Gasteiger partial charge in [-0.1, -0.05) is 17.7 Å². The molecule has 0 radical (unpaired) electrons. The van der Waals surface area contributed by atoms with Crippen LogP contribution < -0.4 is 5.32 Å². The number of hydrogen-bond acceptors (Lipinski definition) is 6. The summed E-state index contributed by atoms with van der Waals surface area (Å²) in [5, 5.41) is 5.43. The second-order valence-corrected chi connectivity index (χ2v) is 9.44. The number of halogens is 1. The van der Waals surface area contributed by atoms with Gasteiger partial charge in [-0.15, -0.1) is 0 Å². The molecule has 0 unspecified atom stereocenters. The van der Waals surface area contributed by atoms with Crippen molar-refractivity contribution in [3.63, 3.8) is 0 Å². The topological polar surface area (TPSA) is 70.4 Å². The van der Waals surface area contributed by atoms with Gasteiger partial charge in [-0.2, -0.15) is 0 Å². The van der Waals surface area contributed by atoms with Crippen molar-refractivity contribution >= 4 is 22.6 Å². The van der Waals surface area contributed by atoms with Gasteiger partial charge in [-0.05, 0) is 63.1 Å². The SMILES string of the molecule is Cc1ncnc2c1ccn2[C@@H]1O[C@H]([C@@H]2NCCc3cc(Cl)ccc32)[C@H]2OC(C)(C)O[C@H]21. The summed E-state index contributed by atoms with van der Waals surface area (Å²) in [6, 6.07) is 8.13. The van der Waals surface area contributed by atoms with Gasteiger partial charge in [-0.3, -0.25) is 0 Å². The van der Waals surface area contributed by atoms with Gasteiger partial charge >= 0.3 is 0 Å². The number of ether oxygens (including phenoxy) is 3. The van der Waals surface area contributed by atoms with E-state index in [1.54, 1.807) is 6.33 Å². The molecular weight excluding hydrogens is 416 g/mol. The molecule has 7 nitrogen and oxygen atoms in total. The fraction of sp³-hybridized carbons (Fsp3) is 0.478. The van der Waals surface area contributed by atoms with Gasteiger partial charge in [-0.25, -0.2) is 9.97 Å². The molecule has 31 heavy (non-hydrogen) atoms. The summed E-state index contributed by atoms with van der Waals surface area (Å²) in [4.78, 5) is 8.84. The van der Waals surface area contributed by atoms with Crippen LogP contribution in [0, 0.1) is 6.92 Å². The van der Waals surface area contributed by atoms with Gasteiger partial charge in [0.2, 0.25) is 0 Å². The first kappa shape index (κ1) is 19.6. The maximum absolute atomic E-state index is 6.70. The summed E-state index contributed by atoms with van der Waals surface area (Å²) >= 11 is 6.26. The fourth-order valence-corrected chi connectivity index (χ4v) is 5.46. The molecule has 1 aromatic carbocycles. The zero-order chi connectivity index (χ0) is 21.3. The highest BCUT2D eigenvalue weighted by molar-refractivity contribution is 6.30. The molecule has 3 aliphatic heterocycles. The van der Waals surface area contributed by atoms with Crippen molar-refractivity contribution in [3.8, 4) is 0 Å². The number of aryl methyl sites for hydroxylation is 1. The summed E-state index contributed by atoms with van der Waals surface area (Å²) in [6.45, 7) is 6.77. The predicted molar refractivity (Wildman–Crippen MR) is 116 cm³/mol. The third kappa shape index (κ3) is 3.10. The molecule has 3 aromatic rings. The van der Waals surface area contributed by atoms with E-state index in [1.165, 1.54) is 11.1 Å². The van der Waals surface area contributed by atoms with E-state index in [4.69, 9.17) is 25.8 Å². The lowest BCUT2D eigenvalue weighted by Gasteiger charge is -2.34. The smallest absolute Gasteiger partial charge is 0.164 e. The quantitative estimate of drug-likeness (QED) is 0.655. The molecule has 0 spiro atoms. The van der Waals surface area contributed by atoms with Crippen LogP contribution in [-0.4, -0.2) is 45.2 Å². The van der Waals surface area contributed by atoms with Crippen LogP contribution in [0.25, 0.3) is 11.0 Å². The number of fused-ring (bicyclic) bond motifs is 3. The Morgan fingerprint density at radius 2 is 1.97 bits per heavy atom. The number of nitrogens with zero attached hydrogens (tertiary/aromatic N) is 3. The van der Waals surface area contributed by atoms with Crippen molar-refractivity contribution in [2.45, 2.75) is 63.6 Å². The Morgan fingerprint density at radius 3 is 2.84 bits per heavy atom. The molecule has 0 bridgehead atoms.